The van der Waals surface area contributed by atoms with E-state index in [2.05, 4.69) is 10.3 Å². The minimum Gasteiger partial charge on any atom is -0.504 e. The molecule has 0 fully saturated rings. The summed E-state index contributed by atoms with van der Waals surface area (Å²) in [5.74, 6) is 0.130. The zero-order chi connectivity index (χ0) is 24.3. The van der Waals surface area contributed by atoms with E-state index < -0.39 is 11.8 Å². The predicted octanol–water partition coefficient (Wildman–Crippen LogP) is 0.404. The summed E-state index contributed by atoms with van der Waals surface area (Å²) in [4.78, 5) is 31.9. The molecule has 180 valence electrons. The van der Waals surface area contributed by atoms with Crippen LogP contribution in [0.5, 0.6) is 11.5 Å². The average molecular weight is 461 g/mol. The number of nitrogens with one attached hydrogen (secondary N) is 1. The van der Waals surface area contributed by atoms with Gasteiger partial charge < -0.3 is 30.1 Å². The van der Waals surface area contributed by atoms with E-state index in [1.165, 1.54) is 23.7 Å². The second kappa shape index (κ2) is 10.1. The molecule has 1 atom stereocenters. The van der Waals surface area contributed by atoms with E-state index in [9.17, 15) is 24.9 Å². The van der Waals surface area contributed by atoms with Crippen molar-refractivity contribution in [1.82, 2.24) is 24.0 Å². The van der Waals surface area contributed by atoms with Crippen LogP contribution in [0.4, 0.5) is 5.95 Å². The summed E-state index contributed by atoms with van der Waals surface area (Å²) < 4.78 is 4.34. The molecule has 2 aromatic heterocycles. The highest BCUT2D eigenvalue weighted by atomic mass is 16.3. The van der Waals surface area contributed by atoms with Crippen molar-refractivity contribution in [3.8, 4) is 11.5 Å². The molecule has 0 bridgehead atoms. The van der Waals surface area contributed by atoms with E-state index in [0.717, 1.165) is 4.57 Å². The average Bonchev–Trinajstić information content (AvgIpc) is 3.18. The fraction of sp³-hybridized carbons (Fsp3) is 0.500. The number of aliphatic hydroxyl groups is 1. The number of fused-ring (bicyclic) bond motifs is 1. The van der Waals surface area contributed by atoms with Gasteiger partial charge in [-0.1, -0.05) is 6.07 Å². The number of imidazole rings is 1. The number of hydrogen-bond donors (Lipinski definition) is 4. The quantitative estimate of drug-likeness (QED) is 0.252. The molecule has 3 aromatic rings. The topological polar surface area (TPSA) is 138 Å². The molecule has 0 radical (unpaired) electrons. The third-order valence-electron chi connectivity index (χ3n) is 5.83. The maximum Gasteiger partial charge on any atom is 0.332 e. The number of aliphatic hydroxyl groups excluding tert-OH is 1. The zero-order valence-electron chi connectivity index (χ0n) is 19.4. The lowest BCUT2D eigenvalue weighted by atomic mass is 10.1. The Morgan fingerprint density at radius 1 is 1.09 bits per heavy atom. The van der Waals surface area contributed by atoms with Crippen LogP contribution >= 0.6 is 0 Å². The molecule has 0 saturated carbocycles. The van der Waals surface area contributed by atoms with Crippen LogP contribution in [0.2, 0.25) is 0 Å². The van der Waals surface area contributed by atoms with Crippen molar-refractivity contribution in [3.63, 3.8) is 0 Å². The van der Waals surface area contributed by atoms with Crippen molar-refractivity contribution < 1.29 is 15.3 Å². The van der Waals surface area contributed by atoms with Gasteiger partial charge in [0.25, 0.3) is 5.56 Å². The van der Waals surface area contributed by atoms with Gasteiger partial charge in [0.1, 0.15) is 0 Å². The number of benzene rings is 1. The van der Waals surface area contributed by atoms with Crippen LogP contribution in [0.1, 0.15) is 31.9 Å². The number of phenols is 2. The largest absolute Gasteiger partial charge is 0.504 e. The molecule has 0 aliphatic heterocycles. The van der Waals surface area contributed by atoms with Crippen LogP contribution < -0.4 is 21.5 Å². The fourth-order valence-corrected chi connectivity index (χ4v) is 3.86. The van der Waals surface area contributed by atoms with Crippen molar-refractivity contribution in [1.29, 1.82) is 0 Å². The first-order chi connectivity index (χ1) is 15.7. The van der Waals surface area contributed by atoms with Crippen molar-refractivity contribution in [2.24, 2.45) is 14.1 Å². The van der Waals surface area contributed by atoms with Crippen molar-refractivity contribution in [3.05, 3.63) is 44.6 Å². The Balaban J connectivity index is 1.76. The molecule has 1 aromatic carbocycles. The highest BCUT2D eigenvalue weighted by Crippen LogP contribution is 2.27. The lowest BCUT2D eigenvalue weighted by Crippen LogP contribution is -2.37. The molecule has 0 aliphatic carbocycles. The van der Waals surface area contributed by atoms with Gasteiger partial charge in [-0.15, -0.1) is 0 Å². The van der Waals surface area contributed by atoms with Crippen LogP contribution in [-0.2, 0) is 20.6 Å². The number of anilines is 1. The summed E-state index contributed by atoms with van der Waals surface area (Å²) in [6.07, 6.45) is -0.196. The monoisotopic (exact) mass is 460 g/mol. The van der Waals surface area contributed by atoms with E-state index in [1.54, 1.807) is 13.1 Å². The Morgan fingerprint density at radius 3 is 2.42 bits per heavy atom. The Labute approximate surface area is 191 Å². The molecule has 4 N–H and O–H groups in total. The van der Waals surface area contributed by atoms with Gasteiger partial charge in [0.15, 0.2) is 22.7 Å². The Kier molecular flexibility index (Phi) is 7.44. The highest BCUT2D eigenvalue weighted by Gasteiger charge is 2.21. The summed E-state index contributed by atoms with van der Waals surface area (Å²) in [5.41, 5.74) is 0.446. The SMILES string of the molecule is CCN(CC)c1nc2c(c(=O)n(C)c(=O)n2C)n1CCCNC[C@H](O)c1ccc(O)c(O)c1. The normalized spacial score (nSPS) is 12.4. The number of rotatable bonds is 10. The molecular weight excluding hydrogens is 428 g/mol. The fourth-order valence-electron chi connectivity index (χ4n) is 3.86. The Morgan fingerprint density at radius 2 is 1.79 bits per heavy atom. The van der Waals surface area contributed by atoms with E-state index in [-0.39, 0.29) is 23.6 Å². The molecule has 11 nitrogen and oxygen atoms in total. The minimum absolute atomic E-state index is 0.237. The summed E-state index contributed by atoms with van der Waals surface area (Å²) >= 11 is 0. The lowest BCUT2D eigenvalue weighted by Gasteiger charge is -2.21. The van der Waals surface area contributed by atoms with Crippen molar-refractivity contribution >= 4 is 17.1 Å². The van der Waals surface area contributed by atoms with Gasteiger partial charge in [0.2, 0.25) is 5.95 Å². The summed E-state index contributed by atoms with van der Waals surface area (Å²) in [6.45, 7) is 6.75. The van der Waals surface area contributed by atoms with Crippen LogP contribution in [0, 0.1) is 0 Å². The smallest absolute Gasteiger partial charge is 0.332 e. The molecule has 0 aliphatic rings. The van der Waals surface area contributed by atoms with E-state index in [1.807, 2.05) is 23.3 Å². The summed E-state index contributed by atoms with van der Waals surface area (Å²) in [6, 6.07) is 4.21. The number of nitrogens with zero attached hydrogens (tertiary/aromatic N) is 5. The van der Waals surface area contributed by atoms with Crippen LogP contribution in [0.3, 0.4) is 0 Å². The number of hydrogen-bond acceptors (Lipinski definition) is 8. The maximum absolute atomic E-state index is 12.9. The molecule has 11 heteroatoms. The van der Waals surface area contributed by atoms with Crippen LogP contribution in [0.15, 0.2) is 27.8 Å². The molecule has 0 saturated heterocycles. The van der Waals surface area contributed by atoms with Gasteiger partial charge in [-0.2, -0.15) is 4.98 Å². The number of aryl methyl sites for hydroxylation is 2. The highest BCUT2D eigenvalue weighted by molar-refractivity contribution is 5.74. The molecule has 0 amide bonds. The Bertz CT molecular complexity index is 1240. The van der Waals surface area contributed by atoms with Gasteiger partial charge >= 0.3 is 5.69 Å². The number of aromatic nitrogens is 4. The van der Waals surface area contributed by atoms with E-state index in [0.29, 0.717) is 55.3 Å². The molecule has 0 spiro atoms. The van der Waals surface area contributed by atoms with Gasteiger partial charge in [-0.05, 0) is 44.5 Å². The van der Waals surface area contributed by atoms with Gasteiger partial charge in [0, 0.05) is 40.3 Å². The van der Waals surface area contributed by atoms with Crippen LogP contribution in [0.25, 0.3) is 11.2 Å². The van der Waals surface area contributed by atoms with Gasteiger partial charge in [0.05, 0.1) is 6.10 Å². The molecule has 33 heavy (non-hydrogen) atoms. The first-order valence-corrected chi connectivity index (χ1v) is 11.0. The minimum atomic E-state index is -0.848. The molecular formula is C22H32N6O5. The van der Waals surface area contributed by atoms with Crippen molar-refractivity contribution in [2.75, 3.05) is 31.1 Å². The second-order valence-electron chi connectivity index (χ2n) is 7.94. The predicted molar refractivity (Wildman–Crippen MR) is 126 cm³/mol. The summed E-state index contributed by atoms with van der Waals surface area (Å²) in [5, 5.41) is 32.5. The first kappa shape index (κ1) is 24.3. The number of phenolic OH excluding ortho intramolecular Hbond substituents is 2. The summed E-state index contributed by atoms with van der Waals surface area (Å²) in [7, 11) is 3.07. The third kappa shape index (κ3) is 4.74. The van der Waals surface area contributed by atoms with Gasteiger partial charge in [-0.25, -0.2) is 4.79 Å². The van der Waals surface area contributed by atoms with Gasteiger partial charge in [-0.3, -0.25) is 13.9 Å². The lowest BCUT2D eigenvalue weighted by molar-refractivity contribution is 0.174. The first-order valence-electron chi connectivity index (χ1n) is 11.0. The maximum atomic E-state index is 12.9. The standard InChI is InChI=1S/C22H32N6O5/c1-5-27(6-2)21-24-19-18(20(32)26(4)22(33)25(19)3)28(21)11-7-10-23-13-17(31)14-8-9-15(29)16(30)12-14/h8-9,12,17,23,29-31H,5-7,10-11,13H2,1-4H3/t17-/m0/s1. The van der Waals surface area contributed by atoms with Crippen molar-refractivity contribution in [2.45, 2.75) is 32.9 Å². The van der Waals surface area contributed by atoms with Crippen LogP contribution in [-0.4, -0.2) is 60.2 Å². The molecule has 2 heterocycles. The zero-order valence-corrected chi connectivity index (χ0v) is 19.4. The molecule has 3 rings (SSSR count). The molecule has 0 unspecified atom stereocenters. The number of aromatic hydroxyl groups is 2. The third-order valence-corrected chi connectivity index (χ3v) is 5.83. The van der Waals surface area contributed by atoms with E-state index >= 15 is 0 Å². The van der Waals surface area contributed by atoms with E-state index in [4.69, 9.17) is 0 Å². The second-order valence-corrected chi connectivity index (χ2v) is 7.94. The Hall–Kier alpha value is -3.31.